The fourth-order valence-corrected chi connectivity index (χ4v) is 11.4. The van der Waals surface area contributed by atoms with E-state index in [1.54, 1.807) is 5.57 Å². The average molecular weight is 574 g/mol. The van der Waals surface area contributed by atoms with Crippen LogP contribution in [0.15, 0.2) is 11.6 Å². The van der Waals surface area contributed by atoms with Crippen molar-refractivity contribution in [3.63, 3.8) is 0 Å². The van der Waals surface area contributed by atoms with E-state index >= 15 is 0 Å². The molecule has 2 bridgehead atoms. The number of methoxy groups -OCH3 is 1. The first-order valence-electron chi connectivity index (χ1n) is 16.5. The van der Waals surface area contributed by atoms with Crippen molar-refractivity contribution >= 4 is 5.97 Å². The van der Waals surface area contributed by atoms with Crippen LogP contribution in [-0.4, -0.2) is 56.8 Å². The van der Waals surface area contributed by atoms with Crippen LogP contribution >= 0.6 is 0 Å². The van der Waals surface area contributed by atoms with E-state index in [1.807, 2.05) is 7.11 Å². The maximum Gasteiger partial charge on any atom is 0.307 e. The lowest BCUT2D eigenvalue weighted by Gasteiger charge is -2.71. The molecule has 234 valence electrons. The maximum atomic E-state index is 13.3. The number of hydrogen-bond acceptors (Lipinski definition) is 5. The topological polar surface area (TPSA) is 91.0 Å². The smallest absolute Gasteiger partial charge is 0.307 e. The molecule has 1 saturated heterocycles. The fourth-order valence-electron chi connectivity index (χ4n) is 11.4. The molecule has 3 N–H and O–H groups in total. The second-order valence-corrected chi connectivity index (χ2v) is 16.4. The summed E-state index contributed by atoms with van der Waals surface area (Å²) in [6.45, 7) is 21.1. The third kappa shape index (κ3) is 4.27. The fraction of sp³-hybridized carbons (Fsp3) is 0.914. The molecule has 1 heterocycles. The molecule has 6 nitrogen and oxygen atoms in total. The van der Waals surface area contributed by atoms with E-state index in [4.69, 9.17) is 19.9 Å². The molecule has 12 atom stereocenters. The van der Waals surface area contributed by atoms with Gasteiger partial charge in [-0.1, -0.05) is 67.0 Å². The molecule has 0 aromatic heterocycles. The molecule has 2 unspecified atom stereocenters. The van der Waals surface area contributed by atoms with Gasteiger partial charge in [0.05, 0.1) is 37.9 Å². The lowest BCUT2D eigenvalue weighted by atomic mass is 9.34. The average Bonchev–Trinajstić information content (AvgIpc) is 2.91. The Labute approximate surface area is 249 Å². The lowest BCUT2D eigenvalue weighted by molar-refractivity contribution is -0.268. The van der Waals surface area contributed by atoms with Gasteiger partial charge in [-0.2, -0.15) is 0 Å². The monoisotopic (exact) mass is 573 g/mol. The molecule has 0 radical (unpaired) electrons. The Morgan fingerprint density at radius 2 is 1.80 bits per heavy atom. The molecule has 0 amide bonds. The summed E-state index contributed by atoms with van der Waals surface area (Å²) >= 11 is 0. The summed E-state index contributed by atoms with van der Waals surface area (Å²) in [6, 6.07) is 0. The Morgan fingerprint density at radius 1 is 1.10 bits per heavy atom. The summed E-state index contributed by atoms with van der Waals surface area (Å²) in [7, 11) is 1.84. The van der Waals surface area contributed by atoms with Crippen LogP contribution in [0.5, 0.6) is 0 Å². The van der Waals surface area contributed by atoms with Gasteiger partial charge in [0, 0.05) is 17.9 Å². The molecular formula is C35H59NO5. The second kappa shape index (κ2) is 10.6. The molecule has 5 rings (SSSR count). The summed E-state index contributed by atoms with van der Waals surface area (Å²) in [5.41, 5.74) is 6.68. The molecule has 3 saturated carbocycles. The minimum Gasteiger partial charge on any atom is -0.481 e. The number of fused-ring (bicyclic) bond motifs is 3. The van der Waals surface area contributed by atoms with Crippen LogP contribution in [-0.2, 0) is 19.0 Å². The number of allylic oxidation sites excluding steroid dienone is 1. The normalized spacial score (nSPS) is 48.9. The van der Waals surface area contributed by atoms with Gasteiger partial charge in [0.1, 0.15) is 0 Å². The van der Waals surface area contributed by atoms with E-state index in [1.165, 1.54) is 0 Å². The van der Waals surface area contributed by atoms with E-state index < -0.39 is 5.97 Å². The molecule has 0 spiro atoms. The molecule has 4 fully saturated rings. The van der Waals surface area contributed by atoms with E-state index in [2.05, 4.69) is 61.5 Å². The van der Waals surface area contributed by atoms with Crippen molar-refractivity contribution in [2.45, 2.75) is 106 Å². The molecule has 4 aliphatic carbocycles. The van der Waals surface area contributed by atoms with E-state index in [-0.39, 0.29) is 45.2 Å². The summed E-state index contributed by atoms with van der Waals surface area (Å²) in [5.74, 6) is 0.968. The van der Waals surface area contributed by atoms with Crippen molar-refractivity contribution in [2.24, 2.45) is 68.3 Å². The van der Waals surface area contributed by atoms with Gasteiger partial charge < -0.3 is 25.1 Å². The Bertz CT molecular complexity index is 1040. The van der Waals surface area contributed by atoms with E-state index in [0.717, 1.165) is 45.1 Å². The zero-order valence-corrected chi connectivity index (χ0v) is 27.4. The number of hydrogen-bond donors (Lipinski definition) is 2. The van der Waals surface area contributed by atoms with Crippen molar-refractivity contribution in [3.8, 4) is 0 Å². The zero-order valence-electron chi connectivity index (χ0n) is 27.4. The molecule has 5 aliphatic rings. The molecule has 1 aliphatic heterocycles. The number of rotatable bonds is 8. The van der Waals surface area contributed by atoms with Crippen LogP contribution in [0.2, 0.25) is 0 Å². The Balaban J connectivity index is 1.56. The highest BCUT2D eigenvalue weighted by molar-refractivity contribution is 5.73. The third-order valence-electron chi connectivity index (χ3n) is 14.3. The highest BCUT2D eigenvalue weighted by Gasteiger charge is 2.71. The third-order valence-corrected chi connectivity index (χ3v) is 14.3. The van der Waals surface area contributed by atoms with Crippen molar-refractivity contribution < 1.29 is 24.1 Å². The van der Waals surface area contributed by atoms with Gasteiger partial charge in [0.15, 0.2) is 0 Å². The van der Waals surface area contributed by atoms with Crippen LogP contribution < -0.4 is 5.73 Å². The quantitative estimate of drug-likeness (QED) is 0.319. The first kappa shape index (κ1) is 31.5. The Morgan fingerprint density at radius 3 is 2.41 bits per heavy atom. The number of ether oxygens (including phenoxy) is 3. The van der Waals surface area contributed by atoms with Crippen LogP contribution in [0.4, 0.5) is 0 Å². The van der Waals surface area contributed by atoms with Crippen LogP contribution in [0.3, 0.4) is 0 Å². The van der Waals surface area contributed by atoms with Gasteiger partial charge in [-0.05, 0) is 90.9 Å². The predicted molar refractivity (Wildman–Crippen MR) is 162 cm³/mol. The minimum atomic E-state index is -0.602. The largest absolute Gasteiger partial charge is 0.481 e. The first-order chi connectivity index (χ1) is 19.2. The number of carboxylic acids is 1. The van der Waals surface area contributed by atoms with Gasteiger partial charge in [-0.3, -0.25) is 4.79 Å². The van der Waals surface area contributed by atoms with Crippen molar-refractivity contribution in [1.29, 1.82) is 0 Å². The van der Waals surface area contributed by atoms with Crippen LogP contribution in [0, 0.1) is 62.6 Å². The number of carbonyl (C=O) groups is 1. The number of nitrogens with two attached hydrogens (primary N) is 1. The maximum absolute atomic E-state index is 13.3. The summed E-state index contributed by atoms with van der Waals surface area (Å²) < 4.78 is 19.5. The number of carboxylic acid groups (broad SMARTS) is 1. The van der Waals surface area contributed by atoms with Crippen molar-refractivity contribution in [1.82, 2.24) is 0 Å². The van der Waals surface area contributed by atoms with E-state index in [9.17, 15) is 9.90 Å². The van der Waals surface area contributed by atoms with Gasteiger partial charge in [0.25, 0.3) is 0 Å². The molecule has 6 heteroatoms. The minimum absolute atomic E-state index is 0.000743. The lowest BCUT2D eigenvalue weighted by Crippen LogP contribution is -2.70. The molecule has 0 aromatic rings. The highest BCUT2D eigenvalue weighted by Crippen LogP contribution is 2.75. The summed E-state index contributed by atoms with van der Waals surface area (Å²) in [5, 5.41) is 10.9. The predicted octanol–water partition coefficient (Wildman–Crippen LogP) is 6.57. The first-order valence-corrected chi connectivity index (χ1v) is 16.5. The highest BCUT2D eigenvalue weighted by atomic mass is 16.5. The zero-order chi connectivity index (χ0) is 30.2. The van der Waals surface area contributed by atoms with Crippen molar-refractivity contribution in [2.75, 3.05) is 33.5 Å². The van der Waals surface area contributed by atoms with Gasteiger partial charge >= 0.3 is 5.97 Å². The van der Waals surface area contributed by atoms with Crippen LogP contribution in [0.25, 0.3) is 0 Å². The summed E-state index contributed by atoms with van der Waals surface area (Å²) in [6.07, 6.45) is 8.52. The molecular weight excluding hydrogens is 514 g/mol. The Hall–Kier alpha value is -0.950. The number of aliphatic carboxylic acids is 1. The van der Waals surface area contributed by atoms with Crippen LogP contribution in [0.1, 0.15) is 93.9 Å². The van der Waals surface area contributed by atoms with Crippen molar-refractivity contribution in [3.05, 3.63) is 11.6 Å². The van der Waals surface area contributed by atoms with E-state index in [0.29, 0.717) is 49.3 Å². The van der Waals surface area contributed by atoms with Gasteiger partial charge in [0.2, 0.25) is 0 Å². The standard InChI is InChI=1S/C35H59NO5/c1-21(2)23(4)31(5)14-15-33(7)24-10-11-27-32(6)19-40-20-35(27,16-26(39-9)29(32)41-18-22(3)17-36)25(24)12-13-34(33,8)28(31)30(37)38/h12,21-24,26-29H,10-11,13-20,36H2,1-9H3,(H,37,38)/t22?,23-,24+,26-,27+,28-,29?,31-,32-,33-,34+,35+/m1/s1. The molecule has 0 aromatic carbocycles. The van der Waals surface area contributed by atoms with Gasteiger partial charge in [-0.15, -0.1) is 0 Å². The van der Waals surface area contributed by atoms with Gasteiger partial charge in [-0.25, -0.2) is 0 Å². The summed E-state index contributed by atoms with van der Waals surface area (Å²) in [4.78, 5) is 13.3. The second-order valence-electron chi connectivity index (χ2n) is 16.4. The molecule has 41 heavy (non-hydrogen) atoms. The SMILES string of the molecule is CO[C@@H]1C[C@@]23COC[C@@](C)(C1OCC(C)CN)[C@@H]2CC[C@H]1C3=CC[C@@]2(C)[C@H](C(=O)O)[C@@](C)([C@H](C)C(C)C)CC[C@]12C. The Kier molecular flexibility index (Phi) is 8.13.